The van der Waals surface area contributed by atoms with Crippen LogP contribution >= 0.6 is 11.6 Å². The van der Waals surface area contributed by atoms with Gasteiger partial charge in [0.1, 0.15) is 18.1 Å². The molecule has 0 aliphatic carbocycles. The zero-order valence-corrected chi connectivity index (χ0v) is 17.5. The van der Waals surface area contributed by atoms with Gasteiger partial charge in [-0.15, -0.1) is 0 Å². The molecule has 0 unspecified atom stereocenters. The van der Waals surface area contributed by atoms with E-state index in [1.807, 2.05) is 57.2 Å². The van der Waals surface area contributed by atoms with Gasteiger partial charge in [0.25, 0.3) is 5.91 Å². The number of carbonyl (C=O) groups is 1. The first-order valence-electron chi connectivity index (χ1n) is 9.49. The van der Waals surface area contributed by atoms with Crippen LogP contribution < -0.4 is 14.8 Å². The first kappa shape index (κ1) is 20.7. The van der Waals surface area contributed by atoms with Crippen molar-refractivity contribution >= 4 is 23.2 Å². The van der Waals surface area contributed by atoms with Crippen molar-refractivity contribution in [3.63, 3.8) is 0 Å². The number of rotatable bonds is 7. The molecule has 3 aromatic rings. The van der Waals surface area contributed by atoms with Crippen molar-refractivity contribution in [1.82, 2.24) is 0 Å². The minimum Gasteiger partial charge on any atom is -0.493 e. The van der Waals surface area contributed by atoms with E-state index in [-0.39, 0.29) is 5.91 Å². The molecule has 5 heteroatoms. The van der Waals surface area contributed by atoms with Crippen molar-refractivity contribution in [2.45, 2.75) is 27.4 Å². The third-order valence-corrected chi connectivity index (χ3v) is 4.94. The summed E-state index contributed by atoms with van der Waals surface area (Å²) in [4.78, 5) is 12.7. The summed E-state index contributed by atoms with van der Waals surface area (Å²) in [6.45, 7) is 6.67. The summed E-state index contributed by atoms with van der Waals surface area (Å²) in [6.07, 6.45) is 0. The molecule has 0 saturated carbocycles. The van der Waals surface area contributed by atoms with E-state index in [2.05, 4.69) is 5.32 Å². The minimum atomic E-state index is -0.217. The Morgan fingerprint density at radius 1 is 0.931 bits per heavy atom. The molecule has 29 heavy (non-hydrogen) atoms. The molecule has 1 N–H and O–H groups in total. The third kappa shape index (κ3) is 5.30. The lowest BCUT2D eigenvalue weighted by atomic mass is 10.1. The molecule has 0 aliphatic rings. The van der Waals surface area contributed by atoms with Gasteiger partial charge in [-0.2, -0.15) is 0 Å². The van der Waals surface area contributed by atoms with Crippen LogP contribution in [0.4, 0.5) is 5.69 Å². The maximum Gasteiger partial charge on any atom is 0.255 e. The number of anilines is 1. The standard InChI is InChI=1S/C24H24ClNO3/c1-4-28-23-12-10-18(24(27)26-20-11-9-16(2)21(25)14-20)13-19(23)15-29-22-8-6-5-7-17(22)3/h5-14H,4,15H2,1-3H3,(H,26,27). The number of para-hydroxylation sites is 1. The largest absolute Gasteiger partial charge is 0.493 e. The number of hydrogen-bond donors (Lipinski definition) is 1. The highest BCUT2D eigenvalue weighted by atomic mass is 35.5. The van der Waals surface area contributed by atoms with Crippen LogP contribution in [0.25, 0.3) is 0 Å². The van der Waals surface area contributed by atoms with E-state index in [0.29, 0.717) is 35.2 Å². The molecule has 0 bridgehead atoms. The van der Waals surface area contributed by atoms with Crippen LogP contribution in [-0.4, -0.2) is 12.5 Å². The molecular formula is C24H24ClNO3. The van der Waals surface area contributed by atoms with Crippen LogP contribution in [0.5, 0.6) is 11.5 Å². The van der Waals surface area contributed by atoms with Gasteiger partial charge in [0.2, 0.25) is 0 Å². The number of hydrogen-bond acceptors (Lipinski definition) is 3. The first-order chi connectivity index (χ1) is 14.0. The van der Waals surface area contributed by atoms with Gasteiger partial charge in [-0.05, 0) is 68.3 Å². The molecule has 3 rings (SSSR count). The predicted molar refractivity (Wildman–Crippen MR) is 117 cm³/mol. The summed E-state index contributed by atoms with van der Waals surface area (Å²) in [5.41, 5.74) is 3.99. The summed E-state index contributed by atoms with van der Waals surface area (Å²) >= 11 is 6.15. The molecule has 0 heterocycles. The van der Waals surface area contributed by atoms with E-state index in [1.165, 1.54) is 0 Å². The van der Waals surface area contributed by atoms with Crippen molar-refractivity contribution < 1.29 is 14.3 Å². The molecule has 0 fully saturated rings. The van der Waals surface area contributed by atoms with Gasteiger partial charge in [0.05, 0.1) is 6.61 Å². The zero-order chi connectivity index (χ0) is 20.8. The van der Waals surface area contributed by atoms with Crippen LogP contribution in [0.1, 0.15) is 34.0 Å². The Morgan fingerprint density at radius 3 is 2.45 bits per heavy atom. The average Bonchev–Trinajstić information content (AvgIpc) is 2.71. The average molecular weight is 410 g/mol. The maximum atomic E-state index is 12.7. The van der Waals surface area contributed by atoms with Crippen molar-refractivity contribution in [2.24, 2.45) is 0 Å². The molecule has 3 aromatic carbocycles. The minimum absolute atomic E-state index is 0.217. The molecule has 1 amide bonds. The van der Waals surface area contributed by atoms with Gasteiger partial charge in [0.15, 0.2) is 0 Å². The van der Waals surface area contributed by atoms with Crippen LogP contribution in [0.3, 0.4) is 0 Å². The number of nitrogens with one attached hydrogen (secondary N) is 1. The number of aryl methyl sites for hydroxylation is 2. The Labute approximate surface area is 176 Å². The topological polar surface area (TPSA) is 47.6 Å². The Balaban J connectivity index is 1.80. The Kier molecular flexibility index (Phi) is 6.78. The summed E-state index contributed by atoms with van der Waals surface area (Å²) in [5, 5.41) is 3.50. The van der Waals surface area contributed by atoms with Gasteiger partial charge in [-0.1, -0.05) is 35.9 Å². The smallest absolute Gasteiger partial charge is 0.255 e. The molecule has 0 saturated heterocycles. The van der Waals surface area contributed by atoms with Crippen molar-refractivity contribution in [3.05, 3.63) is 87.9 Å². The van der Waals surface area contributed by atoms with Gasteiger partial charge in [0, 0.05) is 21.8 Å². The summed E-state index contributed by atoms with van der Waals surface area (Å²) in [5.74, 6) is 1.29. The number of halogens is 1. The fraction of sp³-hybridized carbons (Fsp3) is 0.208. The Bertz CT molecular complexity index is 1020. The van der Waals surface area contributed by atoms with Crippen LogP contribution in [0, 0.1) is 13.8 Å². The number of carbonyl (C=O) groups excluding carboxylic acids is 1. The summed E-state index contributed by atoms with van der Waals surface area (Å²) in [7, 11) is 0. The van der Waals surface area contributed by atoms with Gasteiger partial charge < -0.3 is 14.8 Å². The zero-order valence-electron chi connectivity index (χ0n) is 16.8. The van der Waals surface area contributed by atoms with E-state index in [1.54, 1.807) is 24.3 Å². The van der Waals surface area contributed by atoms with Crippen LogP contribution in [-0.2, 0) is 6.61 Å². The molecular weight excluding hydrogens is 386 g/mol. The normalized spacial score (nSPS) is 10.5. The molecule has 4 nitrogen and oxygen atoms in total. The van der Waals surface area contributed by atoms with Crippen molar-refractivity contribution in [1.29, 1.82) is 0 Å². The molecule has 0 spiro atoms. The van der Waals surface area contributed by atoms with Gasteiger partial charge in [-0.25, -0.2) is 0 Å². The monoisotopic (exact) mass is 409 g/mol. The summed E-state index contributed by atoms with van der Waals surface area (Å²) < 4.78 is 11.7. The quantitative estimate of drug-likeness (QED) is 0.506. The van der Waals surface area contributed by atoms with Crippen molar-refractivity contribution in [3.8, 4) is 11.5 Å². The highest BCUT2D eigenvalue weighted by molar-refractivity contribution is 6.31. The van der Waals surface area contributed by atoms with Crippen LogP contribution in [0.2, 0.25) is 5.02 Å². The maximum absolute atomic E-state index is 12.7. The molecule has 0 aromatic heterocycles. The Morgan fingerprint density at radius 2 is 1.72 bits per heavy atom. The van der Waals surface area contributed by atoms with E-state index in [4.69, 9.17) is 21.1 Å². The first-order valence-corrected chi connectivity index (χ1v) is 9.87. The SMILES string of the molecule is CCOc1ccc(C(=O)Nc2ccc(C)c(Cl)c2)cc1COc1ccccc1C. The molecule has 0 aliphatic heterocycles. The number of ether oxygens (including phenoxy) is 2. The Hall–Kier alpha value is -2.98. The van der Waals surface area contributed by atoms with E-state index >= 15 is 0 Å². The lowest BCUT2D eigenvalue weighted by Crippen LogP contribution is -2.13. The third-order valence-electron chi connectivity index (χ3n) is 4.53. The molecule has 0 atom stereocenters. The van der Waals surface area contributed by atoms with Gasteiger partial charge in [-0.3, -0.25) is 4.79 Å². The van der Waals surface area contributed by atoms with E-state index in [9.17, 15) is 4.79 Å². The molecule has 0 radical (unpaired) electrons. The fourth-order valence-electron chi connectivity index (χ4n) is 2.88. The second-order valence-corrected chi connectivity index (χ2v) is 7.13. The lowest BCUT2D eigenvalue weighted by molar-refractivity contribution is 0.102. The highest BCUT2D eigenvalue weighted by Crippen LogP contribution is 2.25. The second kappa shape index (κ2) is 9.48. The van der Waals surface area contributed by atoms with Crippen LogP contribution in [0.15, 0.2) is 60.7 Å². The van der Waals surface area contributed by atoms with Crippen molar-refractivity contribution in [2.75, 3.05) is 11.9 Å². The predicted octanol–water partition coefficient (Wildman–Crippen LogP) is 6.19. The highest BCUT2D eigenvalue weighted by Gasteiger charge is 2.13. The fourth-order valence-corrected chi connectivity index (χ4v) is 3.06. The number of amides is 1. The second-order valence-electron chi connectivity index (χ2n) is 6.73. The summed E-state index contributed by atoms with van der Waals surface area (Å²) in [6, 6.07) is 18.6. The molecule has 150 valence electrons. The van der Waals surface area contributed by atoms with Gasteiger partial charge >= 0.3 is 0 Å². The van der Waals surface area contributed by atoms with E-state index in [0.717, 1.165) is 22.4 Å². The van der Waals surface area contributed by atoms with E-state index < -0.39 is 0 Å². The number of benzene rings is 3. The lowest BCUT2D eigenvalue weighted by Gasteiger charge is -2.14.